The lowest BCUT2D eigenvalue weighted by Gasteiger charge is -2.10. The average molecular weight is 577 g/mol. The maximum absolute atomic E-state index is 12.4. The molecule has 0 atom stereocenters. The smallest absolute Gasteiger partial charge is 0.234 e. The molecular formula is C17H13Br3N4O2S. The van der Waals surface area contributed by atoms with Gasteiger partial charge in [0.15, 0.2) is 10.9 Å². The van der Waals surface area contributed by atoms with Gasteiger partial charge >= 0.3 is 0 Å². The number of nitrogens with one attached hydrogen (secondary N) is 1. The normalized spacial score (nSPS) is 10.8. The van der Waals surface area contributed by atoms with E-state index in [0.29, 0.717) is 29.0 Å². The van der Waals surface area contributed by atoms with Gasteiger partial charge in [-0.15, -0.1) is 16.8 Å². The van der Waals surface area contributed by atoms with E-state index in [2.05, 4.69) is 69.9 Å². The van der Waals surface area contributed by atoms with Crippen LogP contribution in [0.25, 0.3) is 11.6 Å². The molecule has 140 valence electrons. The highest BCUT2D eigenvalue weighted by atomic mass is 79.9. The summed E-state index contributed by atoms with van der Waals surface area (Å²) in [4.78, 5) is 12.4. The van der Waals surface area contributed by atoms with E-state index < -0.39 is 0 Å². The van der Waals surface area contributed by atoms with Gasteiger partial charge in [0.25, 0.3) is 0 Å². The number of carbonyl (C=O) groups excluding carboxylic acids is 1. The summed E-state index contributed by atoms with van der Waals surface area (Å²) in [6, 6.07) is 7.33. The van der Waals surface area contributed by atoms with E-state index in [1.807, 2.05) is 22.8 Å². The van der Waals surface area contributed by atoms with Crippen LogP contribution in [0.5, 0.6) is 0 Å². The summed E-state index contributed by atoms with van der Waals surface area (Å²) in [6.45, 7) is 4.28. The Kier molecular flexibility index (Phi) is 6.96. The molecule has 1 amide bonds. The van der Waals surface area contributed by atoms with Gasteiger partial charge < -0.3 is 9.73 Å². The third kappa shape index (κ3) is 4.92. The first-order valence-electron chi connectivity index (χ1n) is 7.64. The first kappa shape index (κ1) is 20.4. The largest absolute Gasteiger partial charge is 0.461 e. The lowest BCUT2D eigenvalue weighted by Crippen LogP contribution is -2.15. The predicted molar refractivity (Wildman–Crippen MR) is 117 cm³/mol. The lowest BCUT2D eigenvalue weighted by atomic mass is 10.3. The molecule has 3 aromatic rings. The Balaban J connectivity index is 1.72. The van der Waals surface area contributed by atoms with Crippen LogP contribution in [0.4, 0.5) is 5.69 Å². The van der Waals surface area contributed by atoms with E-state index in [1.54, 1.807) is 18.4 Å². The molecule has 0 aliphatic rings. The second-order valence-corrected chi connectivity index (χ2v) is 8.83. The van der Waals surface area contributed by atoms with Gasteiger partial charge in [0.2, 0.25) is 11.7 Å². The minimum Gasteiger partial charge on any atom is -0.461 e. The molecule has 0 aliphatic heterocycles. The molecule has 0 unspecified atom stereocenters. The van der Waals surface area contributed by atoms with Crippen molar-refractivity contribution >= 4 is 71.1 Å². The van der Waals surface area contributed by atoms with Gasteiger partial charge in [0, 0.05) is 20.0 Å². The Bertz CT molecular complexity index is 950. The molecule has 10 heteroatoms. The van der Waals surface area contributed by atoms with Gasteiger partial charge in [-0.3, -0.25) is 9.36 Å². The summed E-state index contributed by atoms with van der Waals surface area (Å²) < 4.78 is 9.71. The number of hydrogen-bond donors (Lipinski definition) is 1. The first-order valence-corrected chi connectivity index (χ1v) is 11.0. The molecule has 0 bridgehead atoms. The zero-order valence-electron chi connectivity index (χ0n) is 13.8. The highest BCUT2D eigenvalue weighted by Crippen LogP contribution is 2.34. The van der Waals surface area contributed by atoms with Crippen LogP contribution < -0.4 is 5.32 Å². The number of rotatable bonds is 7. The number of amides is 1. The number of anilines is 1. The number of halogens is 3. The van der Waals surface area contributed by atoms with Crippen molar-refractivity contribution in [2.24, 2.45) is 0 Å². The van der Waals surface area contributed by atoms with Gasteiger partial charge in [0.1, 0.15) is 0 Å². The fourth-order valence-electron chi connectivity index (χ4n) is 2.24. The number of benzene rings is 1. The zero-order chi connectivity index (χ0) is 19.4. The van der Waals surface area contributed by atoms with Crippen LogP contribution in [-0.2, 0) is 11.3 Å². The Labute approximate surface area is 185 Å². The molecule has 0 fully saturated rings. The summed E-state index contributed by atoms with van der Waals surface area (Å²) in [5.74, 6) is 1.24. The number of thioether (sulfide) groups is 1. The molecule has 2 heterocycles. The number of carbonyl (C=O) groups is 1. The SMILES string of the molecule is C=CCn1c(SCC(=O)Nc2c(Br)cc(Br)cc2Br)nnc1-c1ccco1. The van der Waals surface area contributed by atoms with Crippen molar-refractivity contribution in [3.8, 4) is 11.6 Å². The number of allylic oxidation sites excluding steroid dienone is 1. The van der Waals surface area contributed by atoms with Crippen LogP contribution in [0.2, 0.25) is 0 Å². The van der Waals surface area contributed by atoms with Crippen molar-refractivity contribution < 1.29 is 9.21 Å². The zero-order valence-corrected chi connectivity index (χ0v) is 19.4. The van der Waals surface area contributed by atoms with Crippen LogP contribution in [0.15, 0.2) is 66.2 Å². The Morgan fingerprint density at radius 1 is 1.30 bits per heavy atom. The quantitative estimate of drug-likeness (QED) is 0.287. The van der Waals surface area contributed by atoms with Crippen molar-refractivity contribution in [1.82, 2.24) is 14.8 Å². The van der Waals surface area contributed by atoms with Gasteiger partial charge in [-0.2, -0.15) is 0 Å². The minimum atomic E-state index is -0.156. The Morgan fingerprint density at radius 2 is 2.04 bits per heavy atom. The molecule has 27 heavy (non-hydrogen) atoms. The van der Waals surface area contributed by atoms with Gasteiger partial charge in [-0.25, -0.2) is 0 Å². The third-order valence-corrected chi connectivity index (χ3v) is 6.05. The molecule has 0 spiro atoms. The van der Waals surface area contributed by atoms with E-state index in [-0.39, 0.29) is 11.7 Å². The molecule has 0 radical (unpaired) electrons. The molecule has 1 N–H and O–H groups in total. The van der Waals surface area contributed by atoms with E-state index >= 15 is 0 Å². The average Bonchev–Trinajstić information content (AvgIpc) is 3.26. The highest BCUT2D eigenvalue weighted by molar-refractivity contribution is 9.11. The maximum atomic E-state index is 12.4. The van der Waals surface area contributed by atoms with Gasteiger partial charge in [0.05, 0.1) is 17.7 Å². The monoisotopic (exact) mass is 574 g/mol. The van der Waals surface area contributed by atoms with E-state index in [9.17, 15) is 4.79 Å². The minimum absolute atomic E-state index is 0.156. The standard InChI is InChI=1S/C17H13Br3N4O2S/c1-2-5-24-16(13-4-3-6-26-13)22-23-17(24)27-9-14(25)21-15-11(19)7-10(18)8-12(15)20/h2-4,6-8H,1,5,9H2,(H,21,25). The molecule has 0 saturated heterocycles. The van der Waals surface area contributed by atoms with E-state index in [0.717, 1.165) is 13.4 Å². The second kappa shape index (κ2) is 9.22. The Hall–Kier alpha value is -1.36. The lowest BCUT2D eigenvalue weighted by molar-refractivity contribution is -0.113. The van der Waals surface area contributed by atoms with Crippen molar-refractivity contribution in [3.63, 3.8) is 0 Å². The van der Waals surface area contributed by atoms with Crippen molar-refractivity contribution in [1.29, 1.82) is 0 Å². The van der Waals surface area contributed by atoms with Crippen LogP contribution in [0.1, 0.15) is 0 Å². The van der Waals surface area contributed by atoms with Crippen molar-refractivity contribution in [2.45, 2.75) is 11.7 Å². The number of hydrogen-bond acceptors (Lipinski definition) is 5. The topological polar surface area (TPSA) is 73.0 Å². The van der Waals surface area contributed by atoms with Crippen molar-refractivity contribution in [3.05, 3.63) is 56.6 Å². The van der Waals surface area contributed by atoms with E-state index in [4.69, 9.17) is 4.42 Å². The summed E-state index contributed by atoms with van der Waals surface area (Å²) >= 11 is 11.6. The molecule has 0 aliphatic carbocycles. The molecule has 6 nitrogen and oxygen atoms in total. The number of nitrogens with zero attached hydrogens (tertiary/aromatic N) is 3. The van der Waals surface area contributed by atoms with E-state index in [1.165, 1.54) is 11.8 Å². The van der Waals surface area contributed by atoms with Crippen LogP contribution in [-0.4, -0.2) is 26.4 Å². The fourth-order valence-corrected chi connectivity index (χ4v) is 5.45. The predicted octanol–water partition coefficient (Wildman–Crippen LogP) is 5.74. The highest BCUT2D eigenvalue weighted by Gasteiger charge is 2.17. The third-order valence-electron chi connectivity index (χ3n) is 3.37. The summed E-state index contributed by atoms with van der Waals surface area (Å²) in [5, 5.41) is 11.9. The van der Waals surface area contributed by atoms with Gasteiger partial charge in [-0.1, -0.05) is 33.8 Å². The number of aromatic nitrogens is 3. The molecule has 3 rings (SSSR count). The van der Waals surface area contributed by atoms with Gasteiger partial charge in [-0.05, 0) is 56.1 Å². The van der Waals surface area contributed by atoms with Crippen LogP contribution in [0.3, 0.4) is 0 Å². The molecule has 1 aromatic carbocycles. The first-order chi connectivity index (χ1) is 13.0. The van der Waals surface area contributed by atoms with Crippen LogP contribution >= 0.6 is 59.6 Å². The molecule has 0 saturated carbocycles. The second-order valence-electron chi connectivity index (χ2n) is 5.26. The maximum Gasteiger partial charge on any atom is 0.234 e. The number of furan rings is 1. The van der Waals surface area contributed by atoms with Crippen LogP contribution in [0, 0.1) is 0 Å². The summed E-state index contributed by atoms with van der Waals surface area (Å²) in [7, 11) is 0. The summed E-state index contributed by atoms with van der Waals surface area (Å²) in [6.07, 6.45) is 3.33. The van der Waals surface area contributed by atoms with Crippen molar-refractivity contribution in [2.75, 3.05) is 11.1 Å². The fraction of sp³-hybridized carbons (Fsp3) is 0.118. The Morgan fingerprint density at radius 3 is 2.67 bits per heavy atom. The summed E-state index contributed by atoms with van der Waals surface area (Å²) in [5.41, 5.74) is 0.674. The molecule has 2 aromatic heterocycles. The molecular weight excluding hydrogens is 564 g/mol.